The zero-order chi connectivity index (χ0) is 35.5. The van der Waals surface area contributed by atoms with Crippen LogP contribution in [0.25, 0.3) is 78.7 Å². The topological polar surface area (TPSA) is 38.7 Å². The molecule has 0 spiro atoms. The second-order valence-electron chi connectivity index (χ2n) is 14.2. The Morgan fingerprint density at radius 2 is 0.673 bits per heavy atom. The quantitative estimate of drug-likeness (QED) is 0.149. The van der Waals surface area contributed by atoms with Crippen LogP contribution < -0.4 is 5.19 Å². The smallest absolute Gasteiger partial charge is 0.164 e. The molecule has 8 rings (SSSR count). The molecule has 0 bridgehead atoms. The number of hydrogen-bond donors (Lipinski definition) is 0. The number of rotatable bonds is 8. The predicted octanol–water partition coefficient (Wildman–Crippen LogP) is 12.1. The molecule has 0 saturated carbocycles. The highest BCUT2D eigenvalue weighted by atomic mass is 28.3. The summed E-state index contributed by atoms with van der Waals surface area (Å²) < 4.78 is 0. The molecule has 0 N–H and O–H groups in total. The van der Waals surface area contributed by atoms with Gasteiger partial charge in [-0.05, 0) is 56.6 Å². The van der Waals surface area contributed by atoms with Gasteiger partial charge in [0, 0.05) is 16.7 Å². The Kier molecular flexibility index (Phi) is 8.98. The Balaban J connectivity index is 1.20. The lowest BCUT2D eigenvalue weighted by Crippen LogP contribution is -2.37. The molecular weight excluding hydrogens is 647 g/mol. The van der Waals surface area contributed by atoms with E-state index in [1.54, 1.807) is 0 Å². The molecule has 0 aliphatic carbocycles. The van der Waals surface area contributed by atoms with E-state index in [1.165, 1.54) is 27.4 Å². The lowest BCUT2D eigenvalue weighted by Gasteiger charge is -2.17. The number of aromatic nitrogens is 3. The van der Waals surface area contributed by atoms with E-state index in [2.05, 4.69) is 177 Å². The molecule has 4 heteroatoms. The van der Waals surface area contributed by atoms with Gasteiger partial charge in [0.1, 0.15) is 0 Å². The van der Waals surface area contributed by atoms with Crippen LogP contribution in [0, 0.1) is 0 Å². The average Bonchev–Trinajstić information content (AvgIpc) is 3.21. The van der Waals surface area contributed by atoms with Gasteiger partial charge in [-0.2, -0.15) is 0 Å². The van der Waals surface area contributed by atoms with Crippen molar-refractivity contribution in [3.63, 3.8) is 0 Å². The average molecular weight is 686 g/mol. The summed E-state index contributed by atoms with van der Waals surface area (Å²) >= 11 is 0. The molecule has 0 fully saturated rings. The van der Waals surface area contributed by atoms with Gasteiger partial charge in [-0.3, -0.25) is 0 Å². The summed E-state index contributed by atoms with van der Waals surface area (Å²) in [5, 5.41) is 1.46. The molecule has 52 heavy (non-hydrogen) atoms. The van der Waals surface area contributed by atoms with E-state index >= 15 is 0 Å². The number of nitrogens with zero attached hydrogens (tertiary/aromatic N) is 3. The summed E-state index contributed by atoms with van der Waals surface area (Å²) in [7, 11) is -1.38. The van der Waals surface area contributed by atoms with Crippen LogP contribution in [0.15, 0.2) is 182 Å². The molecule has 0 amide bonds. The van der Waals surface area contributed by atoms with Gasteiger partial charge in [-0.1, -0.05) is 195 Å². The van der Waals surface area contributed by atoms with Crippen molar-refractivity contribution in [2.24, 2.45) is 0 Å². The molecule has 8 aromatic rings. The minimum absolute atomic E-state index is 0.637. The molecule has 3 nitrogen and oxygen atoms in total. The van der Waals surface area contributed by atoms with Gasteiger partial charge < -0.3 is 0 Å². The lowest BCUT2D eigenvalue weighted by atomic mass is 9.95. The summed E-state index contributed by atoms with van der Waals surface area (Å²) in [4.78, 5) is 15.3. The van der Waals surface area contributed by atoms with Crippen molar-refractivity contribution in [3.05, 3.63) is 182 Å². The van der Waals surface area contributed by atoms with Crippen molar-refractivity contribution >= 4 is 13.3 Å². The van der Waals surface area contributed by atoms with Gasteiger partial charge in [0.2, 0.25) is 0 Å². The fraction of sp³-hybridized carbons (Fsp3) is 0.0625. The molecule has 0 radical (unpaired) electrons. The van der Waals surface area contributed by atoms with Crippen molar-refractivity contribution in [2.45, 2.75) is 19.6 Å². The molecule has 0 unspecified atom stereocenters. The van der Waals surface area contributed by atoms with Crippen LogP contribution in [0.1, 0.15) is 0 Å². The zero-order valence-corrected chi connectivity index (χ0v) is 30.7. The van der Waals surface area contributed by atoms with E-state index in [4.69, 9.17) is 15.0 Å². The molecular formula is C48H39N3Si. The molecule has 0 aliphatic rings. The monoisotopic (exact) mass is 685 g/mol. The van der Waals surface area contributed by atoms with Crippen LogP contribution >= 0.6 is 0 Å². The summed E-state index contributed by atoms with van der Waals surface area (Å²) in [6.45, 7) is 7.16. The fourth-order valence-corrected chi connectivity index (χ4v) is 7.79. The zero-order valence-electron chi connectivity index (χ0n) is 29.7. The summed E-state index contributed by atoms with van der Waals surface area (Å²) in [6.07, 6.45) is 0. The Morgan fingerprint density at radius 1 is 0.288 bits per heavy atom. The van der Waals surface area contributed by atoms with Crippen LogP contribution in [0.5, 0.6) is 0 Å². The third-order valence-corrected chi connectivity index (χ3v) is 11.6. The third kappa shape index (κ3) is 7.02. The first-order valence-corrected chi connectivity index (χ1v) is 21.3. The molecule has 0 saturated heterocycles. The van der Waals surface area contributed by atoms with E-state index in [0.717, 1.165) is 38.9 Å². The van der Waals surface area contributed by atoms with Crippen LogP contribution in [0.4, 0.5) is 0 Å². The normalized spacial score (nSPS) is 11.4. The maximum atomic E-state index is 5.17. The van der Waals surface area contributed by atoms with Crippen molar-refractivity contribution in [1.82, 2.24) is 15.0 Å². The standard InChI is InChI=1S/C48H39N3Si/c1-52(2,3)43-30-28-37(29-31-43)39-18-12-20-41(32-39)44-22-10-11-23-45(44)48-50-46(38-16-8-5-9-17-38)49-47(51-48)42-21-13-19-40(33-42)36-26-24-35(25-27-36)34-14-6-4-7-15-34/h4-33H,1-3H3. The summed E-state index contributed by atoms with van der Waals surface area (Å²) in [5.74, 6) is 1.92. The van der Waals surface area contributed by atoms with Crippen molar-refractivity contribution in [2.75, 3.05) is 0 Å². The van der Waals surface area contributed by atoms with Crippen molar-refractivity contribution < 1.29 is 0 Å². The summed E-state index contributed by atoms with van der Waals surface area (Å²) in [6, 6.07) is 64.1. The second kappa shape index (κ2) is 14.2. The highest BCUT2D eigenvalue weighted by Gasteiger charge is 2.18. The minimum Gasteiger partial charge on any atom is -0.208 e. The molecule has 7 aromatic carbocycles. The largest absolute Gasteiger partial charge is 0.208 e. The summed E-state index contributed by atoms with van der Waals surface area (Å²) in [5.41, 5.74) is 12.1. The van der Waals surface area contributed by atoms with E-state index in [9.17, 15) is 0 Å². The van der Waals surface area contributed by atoms with E-state index in [1.807, 2.05) is 24.3 Å². The number of hydrogen-bond acceptors (Lipinski definition) is 3. The highest BCUT2D eigenvalue weighted by Crippen LogP contribution is 2.35. The first-order valence-electron chi connectivity index (χ1n) is 17.8. The Hall–Kier alpha value is -6.23. The van der Waals surface area contributed by atoms with Gasteiger partial charge in [0.15, 0.2) is 17.5 Å². The van der Waals surface area contributed by atoms with E-state index in [0.29, 0.717) is 17.5 Å². The number of benzene rings is 7. The fourth-order valence-electron chi connectivity index (χ4n) is 6.62. The van der Waals surface area contributed by atoms with Crippen molar-refractivity contribution in [1.29, 1.82) is 0 Å². The van der Waals surface area contributed by atoms with Crippen molar-refractivity contribution in [3.8, 4) is 78.7 Å². The van der Waals surface area contributed by atoms with Crippen LogP contribution in [0.2, 0.25) is 19.6 Å². The SMILES string of the molecule is C[Si](C)(C)c1ccc(-c2cccc(-c3ccccc3-c3nc(-c4ccccc4)nc(-c4cccc(-c5ccc(-c6ccccc6)cc5)c4)n3)c2)cc1. The molecule has 0 aliphatic heterocycles. The lowest BCUT2D eigenvalue weighted by molar-refractivity contribution is 1.07. The molecule has 0 atom stereocenters. The van der Waals surface area contributed by atoms with Gasteiger partial charge in [0.05, 0.1) is 8.07 Å². The molecule has 1 heterocycles. The Bertz CT molecular complexity index is 2470. The van der Waals surface area contributed by atoms with Gasteiger partial charge in [-0.25, -0.2) is 15.0 Å². The van der Waals surface area contributed by atoms with Crippen LogP contribution in [-0.4, -0.2) is 23.0 Å². The Morgan fingerprint density at radius 3 is 1.27 bits per heavy atom. The van der Waals surface area contributed by atoms with Gasteiger partial charge in [-0.15, -0.1) is 0 Å². The predicted molar refractivity (Wildman–Crippen MR) is 221 cm³/mol. The highest BCUT2D eigenvalue weighted by molar-refractivity contribution is 6.88. The second-order valence-corrected chi connectivity index (χ2v) is 19.2. The maximum Gasteiger partial charge on any atom is 0.164 e. The molecule has 250 valence electrons. The first kappa shape index (κ1) is 32.9. The Labute approximate surface area is 307 Å². The van der Waals surface area contributed by atoms with Gasteiger partial charge >= 0.3 is 0 Å². The van der Waals surface area contributed by atoms with Crippen LogP contribution in [-0.2, 0) is 0 Å². The third-order valence-electron chi connectivity index (χ3n) is 9.54. The molecule has 1 aromatic heterocycles. The minimum atomic E-state index is -1.38. The van der Waals surface area contributed by atoms with Gasteiger partial charge in [0.25, 0.3) is 0 Å². The van der Waals surface area contributed by atoms with E-state index in [-0.39, 0.29) is 0 Å². The van der Waals surface area contributed by atoms with E-state index < -0.39 is 8.07 Å². The maximum absolute atomic E-state index is 5.17. The van der Waals surface area contributed by atoms with Crippen LogP contribution in [0.3, 0.4) is 0 Å². The first-order chi connectivity index (χ1) is 25.4.